The number of carbonyl (C=O) groups excluding carboxylic acids is 1. The number of nitrogens with one attached hydrogen (secondary N) is 1. The van der Waals surface area contributed by atoms with Gasteiger partial charge in [0.1, 0.15) is 0 Å². The Kier molecular flexibility index (Phi) is 5.01. The van der Waals surface area contributed by atoms with Crippen LogP contribution in [0, 0.1) is 0 Å². The first kappa shape index (κ1) is 11.9. The van der Waals surface area contributed by atoms with Crippen LogP contribution in [-0.2, 0) is 9.59 Å². The van der Waals surface area contributed by atoms with Crippen LogP contribution in [0.15, 0.2) is 0 Å². The fraction of sp³-hybridized carbons (Fsp3) is 0.714. The molecular formula is C7H13NO5. The van der Waals surface area contributed by atoms with Crippen molar-refractivity contribution in [3.05, 3.63) is 0 Å². The monoisotopic (exact) mass is 191 g/mol. The molecular weight excluding hydrogens is 178 g/mol. The van der Waals surface area contributed by atoms with Crippen molar-refractivity contribution in [3.63, 3.8) is 0 Å². The van der Waals surface area contributed by atoms with Crippen LogP contribution in [0.25, 0.3) is 0 Å². The molecule has 0 rings (SSSR count). The number of aliphatic hydroxyl groups is 2. The van der Waals surface area contributed by atoms with Gasteiger partial charge in [-0.15, -0.1) is 0 Å². The molecule has 0 aromatic rings. The van der Waals surface area contributed by atoms with E-state index < -0.39 is 24.1 Å². The van der Waals surface area contributed by atoms with Gasteiger partial charge in [0.05, 0.1) is 0 Å². The number of aliphatic carboxylic acids is 1. The third-order valence-electron chi connectivity index (χ3n) is 1.37. The molecule has 2 atom stereocenters. The second kappa shape index (κ2) is 5.50. The van der Waals surface area contributed by atoms with E-state index in [-0.39, 0.29) is 0 Å². The summed E-state index contributed by atoms with van der Waals surface area (Å²) in [5.41, 5.74) is 0. The van der Waals surface area contributed by atoms with Gasteiger partial charge < -0.3 is 20.6 Å². The van der Waals surface area contributed by atoms with Gasteiger partial charge in [0, 0.05) is 6.54 Å². The summed E-state index contributed by atoms with van der Waals surface area (Å²) in [6, 6.07) is 0. The first-order valence-corrected chi connectivity index (χ1v) is 3.87. The van der Waals surface area contributed by atoms with Crippen LogP contribution in [0.2, 0.25) is 0 Å². The summed E-state index contributed by atoms with van der Waals surface area (Å²) in [6.07, 6.45) is -3.32. The zero-order valence-electron chi connectivity index (χ0n) is 7.23. The zero-order valence-corrected chi connectivity index (χ0v) is 7.23. The SMILES string of the molecule is CCCNC(=O)[C@H](O)[C@@H](O)C(=O)O. The number of amides is 1. The minimum absolute atomic E-state index is 0.336. The fourth-order valence-electron chi connectivity index (χ4n) is 0.631. The summed E-state index contributed by atoms with van der Waals surface area (Å²) in [5, 5.41) is 28.2. The number of carbonyl (C=O) groups is 2. The first-order chi connectivity index (χ1) is 6.00. The lowest BCUT2D eigenvalue weighted by atomic mass is 10.2. The Morgan fingerprint density at radius 3 is 2.23 bits per heavy atom. The molecule has 0 unspecified atom stereocenters. The van der Waals surface area contributed by atoms with Gasteiger partial charge >= 0.3 is 5.97 Å². The van der Waals surface area contributed by atoms with Gasteiger partial charge in [-0.2, -0.15) is 0 Å². The van der Waals surface area contributed by atoms with Crippen molar-refractivity contribution in [1.82, 2.24) is 5.32 Å². The van der Waals surface area contributed by atoms with Crippen molar-refractivity contribution < 1.29 is 24.9 Å². The normalized spacial score (nSPS) is 14.7. The highest BCUT2D eigenvalue weighted by molar-refractivity contribution is 5.87. The molecule has 6 heteroatoms. The number of rotatable bonds is 5. The summed E-state index contributed by atoms with van der Waals surface area (Å²) < 4.78 is 0. The molecule has 1 amide bonds. The summed E-state index contributed by atoms with van der Waals surface area (Å²) in [4.78, 5) is 21.0. The van der Waals surface area contributed by atoms with Crippen molar-refractivity contribution in [2.75, 3.05) is 6.54 Å². The van der Waals surface area contributed by atoms with E-state index in [1.54, 1.807) is 6.92 Å². The number of hydrogen-bond donors (Lipinski definition) is 4. The van der Waals surface area contributed by atoms with E-state index in [9.17, 15) is 9.59 Å². The highest BCUT2D eigenvalue weighted by Gasteiger charge is 2.29. The van der Waals surface area contributed by atoms with Crippen LogP contribution in [0.1, 0.15) is 13.3 Å². The van der Waals surface area contributed by atoms with E-state index in [1.165, 1.54) is 0 Å². The Morgan fingerprint density at radius 2 is 1.85 bits per heavy atom. The largest absolute Gasteiger partial charge is 0.479 e. The maximum atomic E-state index is 10.9. The molecule has 0 saturated heterocycles. The molecule has 0 bridgehead atoms. The molecule has 0 heterocycles. The molecule has 13 heavy (non-hydrogen) atoms. The van der Waals surface area contributed by atoms with Crippen LogP contribution in [0.4, 0.5) is 0 Å². The standard InChI is InChI=1S/C7H13NO5/c1-2-3-8-6(11)4(9)5(10)7(12)13/h4-5,9-10H,2-3H2,1H3,(H,8,11)(H,12,13)/t4-,5-/m1/s1. The van der Waals surface area contributed by atoms with Gasteiger partial charge in [0.2, 0.25) is 0 Å². The maximum Gasteiger partial charge on any atom is 0.335 e. The Balaban J connectivity index is 4.01. The van der Waals surface area contributed by atoms with Crippen molar-refractivity contribution in [2.24, 2.45) is 0 Å². The van der Waals surface area contributed by atoms with Crippen LogP contribution < -0.4 is 5.32 Å². The van der Waals surface area contributed by atoms with Gasteiger partial charge in [-0.05, 0) is 6.42 Å². The van der Waals surface area contributed by atoms with Crippen molar-refractivity contribution in [3.8, 4) is 0 Å². The Morgan fingerprint density at radius 1 is 1.31 bits per heavy atom. The molecule has 0 aliphatic carbocycles. The Bertz CT molecular complexity index is 193. The van der Waals surface area contributed by atoms with Crippen LogP contribution in [-0.4, -0.2) is 45.9 Å². The maximum absolute atomic E-state index is 10.9. The van der Waals surface area contributed by atoms with Gasteiger partial charge in [-0.3, -0.25) is 4.79 Å². The number of carboxylic acids is 1. The van der Waals surface area contributed by atoms with Crippen LogP contribution in [0.3, 0.4) is 0 Å². The predicted octanol–water partition coefficient (Wildman–Crippen LogP) is -1.68. The van der Waals surface area contributed by atoms with Gasteiger partial charge in [-0.1, -0.05) is 6.92 Å². The molecule has 0 aliphatic rings. The fourth-order valence-corrected chi connectivity index (χ4v) is 0.631. The first-order valence-electron chi connectivity index (χ1n) is 3.87. The third kappa shape index (κ3) is 3.86. The average Bonchev–Trinajstić information content (AvgIpc) is 2.11. The van der Waals surface area contributed by atoms with E-state index in [4.69, 9.17) is 15.3 Å². The zero-order chi connectivity index (χ0) is 10.4. The molecule has 0 aliphatic heterocycles. The van der Waals surface area contributed by atoms with Gasteiger partial charge in [0.15, 0.2) is 12.2 Å². The lowest BCUT2D eigenvalue weighted by Gasteiger charge is -2.13. The van der Waals surface area contributed by atoms with E-state index >= 15 is 0 Å². The lowest BCUT2D eigenvalue weighted by molar-refractivity contribution is -0.158. The summed E-state index contributed by atoms with van der Waals surface area (Å²) in [5.74, 6) is -2.50. The second-order valence-corrected chi connectivity index (χ2v) is 2.52. The molecule has 0 spiro atoms. The summed E-state index contributed by atoms with van der Waals surface area (Å²) >= 11 is 0. The van der Waals surface area contributed by atoms with Crippen molar-refractivity contribution in [1.29, 1.82) is 0 Å². The molecule has 0 saturated carbocycles. The smallest absolute Gasteiger partial charge is 0.335 e. The van der Waals surface area contributed by atoms with Gasteiger partial charge in [0.25, 0.3) is 5.91 Å². The number of carboxylic acid groups (broad SMARTS) is 1. The predicted molar refractivity (Wildman–Crippen MR) is 43.0 cm³/mol. The van der Waals surface area contributed by atoms with E-state index in [0.29, 0.717) is 13.0 Å². The van der Waals surface area contributed by atoms with E-state index in [1.807, 2.05) is 0 Å². The lowest BCUT2D eigenvalue weighted by Crippen LogP contribution is -2.45. The molecule has 76 valence electrons. The summed E-state index contributed by atoms with van der Waals surface area (Å²) in [7, 11) is 0. The topological polar surface area (TPSA) is 107 Å². The number of aliphatic hydroxyl groups excluding tert-OH is 2. The van der Waals surface area contributed by atoms with E-state index in [2.05, 4.69) is 5.32 Å². The Hall–Kier alpha value is -1.14. The molecule has 0 aromatic heterocycles. The molecule has 6 nitrogen and oxygen atoms in total. The highest BCUT2D eigenvalue weighted by atomic mass is 16.4. The van der Waals surface area contributed by atoms with Crippen LogP contribution in [0.5, 0.6) is 0 Å². The van der Waals surface area contributed by atoms with E-state index in [0.717, 1.165) is 0 Å². The van der Waals surface area contributed by atoms with Crippen molar-refractivity contribution >= 4 is 11.9 Å². The quantitative estimate of drug-likeness (QED) is 0.415. The second-order valence-electron chi connectivity index (χ2n) is 2.52. The average molecular weight is 191 g/mol. The van der Waals surface area contributed by atoms with Crippen LogP contribution >= 0.6 is 0 Å². The minimum Gasteiger partial charge on any atom is -0.479 e. The molecule has 4 N–H and O–H groups in total. The van der Waals surface area contributed by atoms with Gasteiger partial charge in [-0.25, -0.2) is 4.79 Å². The minimum atomic E-state index is -2.07. The molecule has 0 fully saturated rings. The van der Waals surface area contributed by atoms with Crippen molar-refractivity contribution in [2.45, 2.75) is 25.6 Å². The number of hydrogen-bond acceptors (Lipinski definition) is 4. The molecule has 0 radical (unpaired) electrons. The molecule has 0 aromatic carbocycles. The highest BCUT2D eigenvalue weighted by Crippen LogP contribution is 1.93. The summed E-state index contributed by atoms with van der Waals surface area (Å²) in [6.45, 7) is 2.14. The third-order valence-corrected chi connectivity index (χ3v) is 1.37. The Labute approximate surface area is 75.2 Å².